The van der Waals surface area contributed by atoms with E-state index in [4.69, 9.17) is 0 Å². The topological polar surface area (TPSA) is 40.5 Å². The molecule has 1 unspecified atom stereocenters. The molecule has 2 N–H and O–H groups in total. The molecule has 1 aliphatic rings. The van der Waals surface area contributed by atoms with E-state index in [1.54, 1.807) is 0 Å². The van der Waals surface area contributed by atoms with Crippen molar-refractivity contribution in [1.29, 1.82) is 0 Å². The lowest BCUT2D eigenvalue weighted by Crippen LogP contribution is -2.29. The fraction of sp³-hybridized carbons (Fsp3) is 0.545. The fourth-order valence-corrected chi connectivity index (χ4v) is 3.64. The zero-order valence-electron chi connectivity index (χ0n) is 16.4. The summed E-state index contributed by atoms with van der Waals surface area (Å²) in [4.78, 5) is 0. The summed E-state index contributed by atoms with van der Waals surface area (Å²) < 4.78 is 0. The Kier molecular flexibility index (Phi) is 5.01. The molecule has 0 aliphatic heterocycles. The van der Waals surface area contributed by atoms with E-state index in [9.17, 15) is 10.2 Å². The number of phenols is 1. The van der Waals surface area contributed by atoms with Crippen LogP contribution in [0.1, 0.15) is 71.1 Å². The van der Waals surface area contributed by atoms with Gasteiger partial charge in [-0.1, -0.05) is 65.3 Å². The lowest BCUT2D eigenvalue weighted by molar-refractivity contribution is 0.246. The first-order chi connectivity index (χ1) is 11.0. The predicted octanol–water partition coefficient (Wildman–Crippen LogP) is 5.58. The monoisotopic (exact) mass is 328 g/mol. The average Bonchev–Trinajstić information content (AvgIpc) is 2.45. The molecule has 0 fully saturated rings. The molecule has 0 amide bonds. The van der Waals surface area contributed by atoms with Gasteiger partial charge in [0.15, 0.2) is 0 Å². The van der Waals surface area contributed by atoms with E-state index < -0.39 is 6.10 Å². The Morgan fingerprint density at radius 3 is 2.08 bits per heavy atom. The largest absolute Gasteiger partial charge is 0.507 e. The highest BCUT2D eigenvalue weighted by Gasteiger charge is 2.35. The summed E-state index contributed by atoms with van der Waals surface area (Å²) >= 11 is 0. The second kappa shape index (κ2) is 6.40. The number of aryl methyl sites for hydroxylation is 1. The third-order valence-electron chi connectivity index (χ3n) is 5.46. The smallest absolute Gasteiger partial charge is 0.126 e. The van der Waals surface area contributed by atoms with Crippen molar-refractivity contribution in [1.82, 2.24) is 0 Å². The zero-order valence-corrected chi connectivity index (χ0v) is 16.4. The fourth-order valence-electron chi connectivity index (χ4n) is 3.64. The first-order valence-electron chi connectivity index (χ1n) is 8.93. The number of aromatic hydroxyl groups is 1. The molecular formula is C22H32O2. The van der Waals surface area contributed by atoms with Gasteiger partial charge in [0, 0.05) is 11.0 Å². The van der Waals surface area contributed by atoms with Gasteiger partial charge >= 0.3 is 0 Å². The minimum atomic E-state index is -0.662. The van der Waals surface area contributed by atoms with Crippen LogP contribution in [0.2, 0.25) is 0 Å². The number of benzene rings is 1. The number of allylic oxidation sites excluding steroid dienone is 2. The first kappa shape index (κ1) is 18.8. The maximum absolute atomic E-state index is 11.1. The molecule has 0 bridgehead atoms. The summed E-state index contributed by atoms with van der Waals surface area (Å²) in [6.45, 7) is 16.8. The van der Waals surface area contributed by atoms with Crippen molar-refractivity contribution in [3.8, 4) is 5.75 Å². The highest BCUT2D eigenvalue weighted by molar-refractivity contribution is 5.82. The molecule has 0 radical (unpaired) electrons. The highest BCUT2D eigenvalue weighted by atomic mass is 16.3. The molecule has 0 heterocycles. The van der Waals surface area contributed by atoms with E-state index in [0.29, 0.717) is 5.75 Å². The van der Waals surface area contributed by atoms with Gasteiger partial charge in [0.2, 0.25) is 0 Å². The molecule has 1 aromatic carbocycles. The van der Waals surface area contributed by atoms with Crippen LogP contribution in [0, 0.1) is 18.3 Å². The van der Waals surface area contributed by atoms with Crippen LogP contribution in [0.3, 0.4) is 0 Å². The second-order valence-corrected chi connectivity index (χ2v) is 8.31. The molecule has 2 heteroatoms. The van der Waals surface area contributed by atoms with Crippen molar-refractivity contribution >= 4 is 5.57 Å². The van der Waals surface area contributed by atoms with Crippen molar-refractivity contribution in [2.75, 3.05) is 0 Å². The van der Waals surface area contributed by atoms with Crippen LogP contribution in [0.15, 0.2) is 29.4 Å². The van der Waals surface area contributed by atoms with Crippen LogP contribution < -0.4 is 0 Å². The van der Waals surface area contributed by atoms with Crippen LogP contribution in [-0.4, -0.2) is 16.3 Å². The molecule has 0 saturated carbocycles. The molecule has 0 spiro atoms. The van der Waals surface area contributed by atoms with E-state index in [0.717, 1.165) is 33.4 Å². The van der Waals surface area contributed by atoms with Gasteiger partial charge in [-0.15, -0.1) is 0 Å². The van der Waals surface area contributed by atoms with Gasteiger partial charge < -0.3 is 10.2 Å². The summed E-state index contributed by atoms with van der Waals surface area (Å²) in [5.74, 6) is 0.816. The predicted molar refractivity (Wildman–Crippen MR) is 102 cm³/mol. The van der Waals surface area contributed by atoms with E-state index in [1.807, 2.05) is 13.0 Å². The maximum Gasteiger partial charge on any atom is 0.126 e. The number of hydrogen-bond acceptors (Lipinski definition) is 2. The number of aliphatic hydroxyl groups is 1. The van der Waals surface area contributed by atoms with E-state index in [1.165, 1.54) is 0 Å². The molecule has 1 aromatic rings. The van der Waals surface area contributed by atoms with Crippen LogP contribution in [0.25, 0.3) is 5.57 Å². The van der Waals surface area contributed by atoms with E-state index in [-0.39, 0.29) is 17.3 Å². The molecule has 24 heavy (non-hydrogen) atoms. The molecule has 1 aliphatic carbocycles. The minimum absolute atomic E-state index is 0.138. The molecule has 1 atom stereocenters. The van der Waals surface area contributed by atoms with Crippen molar-refractivity contribution in [2.24, 2.45) is 11.3 Å². The Morgan fingerprint density at radius 2 is 1.58 bits per heavy atom. The Balaban J connectivity index is 2.77. The van der Waals surface area contributed by atoms with Crippen molar-refractivity contribution in [3.05, 3.63) is 46.0 Å². The third-order valence-corrected chi connectivity index (χ3v) is 5.46. The summed E-state index contributed by atoms with van der Waals surface area (Å²) in [6, 6.07) is 4.05. The van der Waals surface area contributed by atoms with Gasteiger partial charge in [0.05, 0.1) is 0 Å². The van der Waals surface area contributed by atoms with Gasteiger partial charge in [-0.2, -0.15) is 0 Å². The van der Waals surface area contributed by atoms with Gasteiger partial charge in [-0.05, 0) is 48.0 Å². The molecule has 2 nitrogen and oxygen atoms in total. The van der Waals surface area contributed by atoms with Crippen molar-refractivity contribution in [2.45, 2.75) is 67.4 Å². The zero-order chi connectivity index (χ0) is 18.4. The molecular weight excluding hydrogens is 296 g/mol. The Labute approximate surface area is 146 Å². The lowest BCUT2D eigenvalue weighted by Gasteiger charge is -2.37. The number of aliphatic hydroxyl groups excluding tert-OH is 1. The Bertz CT molecular complexity index is 703. The molecule has 0 saturated heterocycles. The quantitative estimate of drug-likeness (QED) is 0.711. The van der Waals surface area contributed by atoms with Gasteiger partial charge in [0.25, 0.3) is 0 Å². The minimum Gasteiger partial charge on any atom is -0.507 e. The summed E-state index contributed by atoms with van der Waals surface area (Å²) in [5, 5.41) is 22.1. The maximum atomic E-state index is 11.1. The Hall–Kier alpha value is -1.54. The van der Waals surface area contributed by atoms with Gasteiger partial charge in [-0.3, -0.25) is 0 Å². The molecule has 132 valence electrons. The van der Waals surface area contributed by atoms with Crippen molar-refractivity contribution in [3.63, 3.8) is 0 Å². The van der Waals surface area contributed by atoms with Gasteiger partial charge in [0.1, 0.15) is 11.9 Å². The summed E-state index contributed by atoms with van der Waals surface area (Å²) in [5.41, 5.74) is 5.65. The number of hydrogen-bond donors (Lipinski definition) is 2. The average molecular weight is 328 g/mol. The summed E-state index contributed by atoms with van der Waals surface area (Å²) in [7, 11) is 0. The normalized spacial score (nSPS) is 20.8. The second-order valence-electron chi connectivity index (χ2n) is 8.31. The third kappa shape index (κ3) is 3.04. The SMILES string of the molecule is CC1=C(c2c(C)ccc(C(C)C)c2O)C(O)C(C(C)C)=CC1(C)C. The van der Waals surface area contributed by atoms with E-state index >= 15 is 0 Å². The number of phenolic OH excluding ortho intramolecular Hbond substituents is 1. The molecule has 0 aromatic heterocycles. The van der Waals surface area contributed by atoms with Crippen LogP contribution >= 0.6 is 0 Å². The van der Waals surface area contributed by atoms with Gasteiger partial charge in [-0.25, -0.2) is 0 Å². The van der Waals surface area contributed by atoms with E-state index in [2.05, 4.69) is 60.6 Å². The lowest BCUT2D eigenvalue weighted by atomic mass is 9.69. The molecule has 2 rings (SSSR count). The highest BCUT2D eigenvalue weighted by Crippen LogP contribution is 2.48. The van der Waals surface area contributed by atoms with Crippen molar-refractivity contribution < 1.29 is 10.2 Å². The summed E-state index contributed by atoms with van der Waals surface area (Å²) in [6.07, 6.45) is 1.53. The Morgan fingerprint density at radius 1 is 1.00 bits per heavy atom. The van der Waals surface area contributed by atoms with Crippen LogP contribution in [-0.2, 0) is 0 Å². The van der Waals surface area contributed by atoms with Crippen LogP contribution in [0.5, 0.6) is 5.75 Å². The first-order valence-corrected chi connectivity index (χ1v) is 8.93. The van der Waals surface area contributed by atoms with Crippen LogP contribution in [0.4, 0.5) is 0 Å². The number of rotatable bonds is 3. The standard InChI is InChI=1S/C22H32O2/c1-12(2)16-10-9-14(5)18(20(16)23)19-15(6)22(7,8)11-17(13(3)4)21(19)24/h9-13,21,23-24H,1-8H3.